The first-order valence-electron chi connectivity index (χ1n) is 7.57. The zero-order valence-corrected chi connectivity index (χ0v) is 12.2. The van der Waals surface area contributed by atoms with Gasteiger partial charge in [0, 0.05) is 18.5 Å². The van der Waals surface area contributed by atoms with Gasteiger partial charge in [0.15, 0.2) is 0 Å². The van der Waals surface area contributed by atoms with Crippen LogP contribution in [-0.4, -0.2) is 29.1 Å². The molecule has 110 valence electrons. The van der Waals surface area contributed by atoms with E-state index in [-0.39, 0.29) is 0 Å². The second kappa shape index (κ2) is 5.72. The molecule has 3 rings (SSSR count). The summed E-state index contributed by atoms with van der Waals surface area (Å²) >= 11 is 0. The number of anilines is 1. The van der Waals surface area contributed by atoms with E-state index < -0.39 is 5.97 Å². The van der Waals surface area contributed by atoms with Crippen molar-refractivity contribution < 1.29 is 9.90 Å². The van der Waals surface area contributed by atoms with Crippen molar-refractivity contribution >= 4 is 22.7 Å². The summed E-state index contributed by atoms with van der Waals surface area (Å²) in [5.74, 6) is 0.649. The number of pyridine rings is 1. The Bertz CT molecular complexity index is 665. The molecule has 1 saturated carbocycles. The van der Waals surface area contributed by atoms with Gasteiger partial charge in [0.05, 0.1) is 11.1 Å². The van der Waals surface area contributed by atoms with E-state index in [1.807, 2.05) is 24.3 Å². The summed E-state index contributed by atoms with van der Waals surface area (Å²) in [5, 5.41) is 10.2. The molecular weight excluding hydrogens is 264 g/mol. The molecule has 0 bridgehead atoms. The summed E-state index contributed by atoms with van der Waals surface area (Å²) in [6.45, 7) is 4.04. The molecule has 21 heavy (non-hydrogen) atoms. The molecule has 1 heterocycles. The van der Waals surface area contributed by atoms with Crippen molar-refractivity contribution in [2.75, 3.05) is 18.0 Å². The third-order valence-electron chi connectivity index (χ3n) is 3.93. The molecule has 0 spiro atoms. The van der Waals surface area contributed by atoms with Crippen LogP contribution in [0.1, 0.15) is 36.5 Å². The van der Waals surface area contributed by atoms with E-state index in [9.17, 15) is 9.90 Å². The highest BCUT2D eigenvalue weighted by Gasteiger charge is 2.25. The SMILES string of the molecule is CCCN(CC1CC1)c1cc(C(=O)O)c2ccccc2n1. The number of benzene rings is 1. The summed E-state index contributed by atoms with van der Waals surface area (Å²) in [6.07, 6.45) is 3.59. The first-order valence-corrected chi connectivity index (χ1v) is 7.57. The van der Waals surface area contributed by atoms with E-state index in [4.69, 9.17) is 0 Å². The number of hydrogen-bond donors (Lipinski definition) is 1. The van der Waals surface area contributed by atoms with Crippen molar-refractivity contribution in [3.8, 4) is 0 Å². The summed E-state index contributed by atoms with van der Waals surface area (Å²) in [5.41, 5.74) is 1.09. The molecular formula is C17H20N2O2. The van der Waals surface area contributed by atoms with Crippen molar-refractivity contribution in [3.05, 3.63) is 35.9 Å². The molecule has 0 radical (unpaired) electrons. The first kappa shape index (κ1) is 13.9. The molecule has 2 aromatic rings. The first-order chi connectivity index (χ1) is 10.2. The lowest BCUT2D eigenvalue weighted by Gasteiger charge is -2.24. The molecule has 1 aliphatic carbocycles. The quantitative estimate of drug-likeness (QED) is 0.881. The van der Waals surface area contributed by atoms with Gasteiger partial charge in [-0.3, -0.25) is 0 Å². The van der Waals surface area contributed by atoms with Crippen LogP contribution in [-0.2, 0) is 0 Å². The number of nitrogens with zero attached hydrogens (tertiary/aromatic N) is 2. The van der Waals surface area contributed by atoms with E-state index in [0.29, 0.717) is 10.9 Å². The van der Waals surface area contributed by atoms with Crippen molar-refractivity contribution in [2.45, 2.75) is 26.2 Å². The molecule has 0 aliphatic heterocycles. The number of carbonyl (C=O) groups is 1. The maximum absolute atomic E-state index is 11.5. The maximum atomic E-state index is 11.5. The number of aromatic nitrogens is 1. The Morgan fingerprint density at radius 1 is 1.38 bits per heavy atom. The fourth-order valence-electron chi connectivity index (χ4n) is 2.68. The van der Waals surface area contributed by atoms with Crippen LogP contribution in [0.3, 0.4) is 0 Å². The molecule has 1 aromatic carbocycles. The zero-order chi connectivity index (χ0) is 14.8. The second-order valence-corrected chi connectivity index (χ2v) is 5.74. The van der Waals surface area contributed by atoms with E-state index in [2.05, 4.69) is 16.8 Å². The summed E-state index contributed by atoms with van der Waals surface area (Å²) in [6, 6.07) is 9.18. The highest BCUT2D eigenvalue weighted by molar-refractivity contribution is 6.03. The highest BCUT2D eigenvalue weighted by Crippen LogP contribution is 2.32. The topological polar surface area (TPSA) is 53.4 Å². The molecule has 0 unspecified atom stereocenters. The highest BCUT2D eigenvalue weighted by atomic mass is 16.4. The minimum atomic E-state index is -0.891. The van der Waals surface area contributed by atoms with Crippen LogP contribution in [0.15, 0.2) is 30.3 Å². The number of para-hydroxylation sites is 1. The van der Waals surface area contributed by atoms with E-state index >= 15 is 0 Å². The van der Waals surface area contributed by atoms with Gasteiger partial charge in [-0.2, -0.15) is 0 Å². The van der Waals surface area contributed by atoms with Gasteiger partial charge in [-0.25, -0.2) is 9.78 Å². The fraction of sp³-hybridized carbons (Fsp3) is 0.412. The molecule has 1 aromatic heterocycles. The Morgan fingerprint density at radius 2 is 2.14 bits per heavy atom. The zero-order valence-electron chi connectivity index (χ0n) is 12.2. The van der Waals surface area contributed by atoms with Gasteiger partial charge in [0.25, 0.3) is 0 Å². The van der Waals surface area contributed by atoms with Crippen LogP contribution >= 0.6 is 0 Å². The molecule has 0 amide bonds. The number of carboxylic acid groups (broad SMARTS) is 1. The lowest BCUT2D eigenvalue weighted by Crippen LogP contribution is -2.27. The van der Waals surface area contributed by atoms with Crippen molar-refractivity contribution in [2.24, 2.45) is 5.92 Å². The van der Waals surface area contributed by atoms with Crippen LogP contribution in [0.5, 0.6) is 0 Å². The standard InChI is InChI=1S/C17H20N2O2/c1-2-9-19(11-12-7-8-12)16-10-14(17(20)21)13-5-3-4-6-15(13)18-16/h3-6,10,12H,2,7-9,11H2,1H3,(H,20,21). The minimum Gasteiger partial charge on any atom is -0.478 e. The molecule has 0 atom stereocenters. The Hall–Kier alpha value is -2.10. The Morgan fingerprint density at radius 3 is 2.81 bits per heavy atom. The van der Waals surface area contributed by atoms with Crippen LogP contribution < -0.4 is 4.90 Å². The van der Waals surface area contributed by atoms with Crippen LogP contribution in [0.25, 0.3) is 10.9 Å². The molecule has 1 fully saturated rings. The maximum Gasteiger partial charge on any atom is 0.336 e. The Kier molecular flexibility index (Phi) is 3.78. The van der Waals surface area contributed by atoms with Crippen LogP contribution in [0, 0.1) is 5.92 Å². The number of aromatic carboxylic acids is 1. The summed E-state index contributed by atoms with van der Waals surface area (Å²) in [7, 11) is 0. The summed E-state index contributed by atoms with van der Waals surface area (Å²) in [4.78, 5) is 18.4. The number of carboxylic acids is 1. The van der Waals surface area contributed by atoms with Gasteiger partial charge in [-0.05, 0) is 37.3 Å². The van der Waals surface area contributed by atoms with Crippen molar-refractivity contribution in [1.29, 1.82) is 0 Å². The van der Waals surface area contributed by atoms with Gasteiger partial charge in [-0.1, -0.05) is 25.1 Å². The Labute approximate surface area is 124 Å². The number of hydrogen-bond acceptors (Lipinski definition) is 3. The lowest BCUT2D eigenvalue weighted by atomic mass is 10.1. The molecule has 1 N–H and O–H groups in total. The minimum absolute atomic E-state index is 0.340. The van der Waals surface area contributed by atoms with Crippen molar-refractivity contribution in [1.82, 2.24) is 4.98 Å². The summed E-state index contributed by atoms with van der Waals surface area (Å²) < 4.78 is 0. The van der Waals surface area contributed by atoms with Crippen LogP contribution in [0.2, 0.25) is 0 Å². The van der Waals surface area contributed by atoms with Crippen LogP contribution in [0.4, 0.5) is 5.82 Å². The normalized spacial score (nSPS) is 14.3. The van der Waals surface area contributed by atoms with Gasteiger partial charge >= 0.3 is 5.97 Å². The molecule has 4 nitrogen and oxygen atoms in total. The van der Waals surface area contributed by atoms with Gasteiger partial charge in [0.2, 0.25) is 0 Å². The van der Waals surface area contributed by atoms with Crippen molar-refractivity contribution in [3.63, 3.8) is 0 Å². The monoisotopic (exact) mass is 284 g/mol. The predicted molar refractivity (Wildman–Crippen MR) is 83.9 cm³/mol. The van der Waals surface area contributed by atoms with E-state index in [1.54, 1.807) is 6.07 Å². The van der Waals surface area contributed by atoms with E-state index in [0.717, 1.165) is 36.8 Å². The van der Waals surface area contributed by atoms with Gasteiger partial charge in [0.1, 0.15) is 5.82 Å². The average molecular weight is 284 g/mol. The molecule has 0 saturated heterocycles. The Balaban J connectivity index is 2.05. The molecule has 1 aliphatic rings. The third-order valence-corrected chi connectivity index (χ3v) is 3.93. The largest absolute Gasteiger partial charge is 0.478 e. The second-order valence-electron chi connectivity index (χ2n) is 5.74. The van der Waals surface area contributed by atoms with E-state index in [1.165, 1.54) is 12.8 Å². The lowest BCUT2D eigenvalue weighted by molar-refractivity contribution is 0.0699. The predicted octanol–water partition coefficient (Wildman–Crippen LogP) is 3.56. The smallest absolute Gasteiger partial charge is 0.336 e. The average Bonchev–Trinajstić information content (AvgIpc) is 3.29. The molecule has 4 heteroatoms. The third kappa shape index (κ3) is 2.99. The van der Waals surface area contributed by atoms with Gasteiger partial charge < -0.3 is 10.0 Å². The number of rotatable bonds is 6. The number of fused-ring (bicyclic) bond motifs is 1. The van der Waals surface area contributed by atoms with Gasteiger partial charge in [-0.15, -0.1) is 0 Å². The fourth-order valence-corrected chi connectivity index (χ4v) is 2.68.